The van der Waals surface area contributed by atoms with Gasteiger partial charge < -0.3 is 5.32 Å². The molecular formula is C15H10FN3S. The molecule has 5 heteroatoms. The summed E-state index contributed by atoms with van der Waals surface area (Å²) in [6, 6.07) is 14.2. The van der Waals surface area contributed by atoms with Gasteiger partial charge in [0.25, 0.3) is 0 Å². The van der Waals surface area contributed by atoms with Crippen molar-refractivity contribution in [1.82, 2.24) is 4.37 Å². The summed E-state index contributed by atoms with van der Waals surface area (Å²) in [5.41, 5.74) is 1.79. The zero-order valence-corrected chi connectivity index (χ0v) is 11.2. The van der Waals surface area contributed by atoms with Crippen molar-refractivity contribution in [1.29, 1.82) is 5.26 Å². The molecule has 0 atom stereocenters. The fourth-order valence-corrected chi connectivity index (χ4v) is 2.71. The predicted molar refractivity (Wildman–Crippen MR) is 78.1 cm³/mol. The quantitative estimate of drug-likeness (QED) is 0.792. The van der Waals surface area contributed by atoms with E-state index < -0.39 is 0 Å². The number of fused-ring (bicyclic) bond motifs is 1. The van der Waals surface area contributed by atoms with Gasteiger partial charge in [-0.3, -0.25) is 0 Å². The van der Waals surface area contributed by atoms with E-state index in [0.717, 1.165) is 15.9 Å². The summed E-state index contributed by atoms with van der Waals surface area (Å²) in [7, 11) is 0. The Morgan fingerprint density at radius 1 is 1.25 bits per heavy atom. The van der Waals surface area contributed by atoms with Crippen LogP contribution in [-0.4, -0.2) is 4.37 Å². The Morgan fingerprint density at radius 2 is 2.10 bits per heavy atom. The number of benzene rings is 2. The standard InChI is InChI=1S/C15H10FN3S/c16-13-7-10(8-17)5-6-11(13)9-18-15-12-3-1-2-4-14(12)19-20-15/h1-7,18H,9H2. The molecule has 3 nitrogen and oxygen atoms in total. The number of nitrogens with zero attached hydrogens (tertiary/aromatic N) is 2. The lowest BCUT2D eigenvalue weighted by atomic mass is 10.1. The first-order valence-corrected chi connectivity index (χ1v) is 6.82. The van der Waals surface area contributed by atoms with Crippen molar-refractivity contribution in [2.75, 3.05) is 5.32 Å². The van der Waals surface area contributed by atoms with Crippen LogP contribution < -0.4 is 5.32 Å². The first-order chi connectivity index (χ1) is 9.78. The van der Waals surface area contributed by atoms with E-state index in [1.54, 1.807) is 12.1 Å². The Morgan fingerprint density at radius 3 is 2.90 bits per heavy atom. The first-order valence-electron chi connectivity index (χ1n) is 6.05. The van der Waals surface area contributed by atoms with Crippen molar-refractivity contribution in [3.8, 4) is 6.07 Å². The maximum Gasteiger partial charge on any atom is 0.129 e. The summed E-state index contributed by atoms with van der Waals surface area (Å²) in [6.45, 7) is 0.365. The zero-order chi connectivity index (χ0) is 13.9. The average Bonchev–Trinajstić information content (AvgIpc) is 2.89. The number of hydrogen-bond acceptors (Lipinski definition) is 4. The molecule has 3 aromatic rings. The fraction of sp³-hybridized carbons (Fsp3) is 0.0667. The van der Waals surface area contributed by atoms with Gasteiger partial charge in [0.05, 0.1) is 17.1 Å². The molecule has 1 heterocycles. The van der Waals surface area contributed by atoms with Gasteiger partial charge in [0.1, 0.15) is 10.8 Å². The molecule has 0 amide bonds. The summed E-state index contributed by atoms with van der Waals surface area (Å²) in [5, 5.41) is 13.9. The predicted octanol–water partition coefficient (Wildman–Crippen LogP) is 3.92. The largest absolute Gasteiger partial charge is 0.371 e. The topological polar surface area (TPSA) is 48.7 Å². The SMILES string of the molecule is N#Cc1ccc(CNc2snc3ccccc23)c(F)c1. The van der Waals surface area contributed by atoms with Crippen LogP contribution in [0.2, 0.25) is 0 Å². The van der Waals surface area contributed by atoms with Gasteiger partial charge in [0, 0.05) is 17.5 Å². The smallest absolute Gasteiger partial charge is 0.129 e. The maximum absolute atomic E-state index is 13.8. The van der Waals surface area contributed by atoms with Crippen LogP contribution in [0.3, 0.4) is 0 Å². The molecule has 2 aromatic carbocycles. The summed E-state index contributed by atoms with van der Waals surface area (Å²) < 4.78 is 18.1. The molecule has 20 heavy (non-hydrogen) atoms. The Labute approximate surface area is 119 Å². The first kappa shape index (κ1) is 12.6. The summed E-state index contributed by atoms with van der Waals surface area (Å²) in [5.74, 6) is -0.370. The molecule has 1 N–H and O–H groups in total. The normalized spacial score (nSPS) is 10.4. The minimum atomic E-state index is -0.370. The third kappa shape index (κ3) is 2.33. The number of nitriles is 1. The van der Waals surface area contributed by atoms with Crippen LogP contribution in [0.4, 0.5) is 9.39 Å². The molecule has 0 saturated carbocycles. The van der Waals surface area contributed by atoms with E-state index >= 15 is 0 Å². The second-order valence-electron chi connectivity index (χ2n) is 4.30. The molecule has 0 aliphatic rings. The Bertz CT molecular complexity index is 804. The lowest BCUT2D eigenvalue weighted by Crippen LogP contribution is -2.01. The molecule has 0 fully saturated rings. The fourth-order valence-electron chi connectivity index (χ4n) is 1.95. The summed E-state index contributed by atoms with van der Waals surface area (Å²) in [6.07, 6.45) is 0. The number of halogens is 1. The van der Waals surface area contributed by atoms with Gasteiger partial charge in [0.15, 0.2) is 0 Å². The highest BCUT2D eigenvalue weighted by molar-refractivity contribution is 7.11. The Balaban J connectivity index is 1.81. The van der Waals surface area contributed by atoms with Crippen molar-refractivity contribution in [3.05, 3.63) is 59.4 Å². The molecule has 3 rings (SSSR count). The highest BCUT2D eigenvalue weighted by Crippen LogP contribution is 2.27. The van der Waals surface area contributed by atoms with Gasteiger partial charge in [-0.25, -0.2) is 4.39 Å². The lowest BCUT2D eigenvalue weighted by molar-refractivity contribution is 0.612. The van der Waals surface area contributed by atoms with E-state index in [4.69, 9.17) is 5.26 Å². The highest BCUT2D eigenvalue weighted by atomic mass is 32.1. The van der Waals surface area contributed by atoms with E-state index in [-0.39, 0.29) is 5.82 Å². The van der Waals surface area contributed by atoms with Gasteiger partial charge in [-0.1, -0.05) is 18.2 Å². The number of anilines is 1. The molecule has 1 aromatic heterocycles. The molecule has 0 aliphatic carbocycles. The monoisotopic (exact) mass is 283 g/mol. The van der Waals surface area contributed by atoms with Gasteiger partial charge in [-0.15, -0.1) is 0 Å². The molecule has 0 radical (unpaired) electrons. The summed E-state index contributed by atoms with van der Waals surface area (Å²) in [4.78, 5) is 0. The third-order valence-corrected chi connectivity index (χ3v) is 3.84. The molecule has 0 spiro atoms. The van der Waals surface area contributed by atoms with Crippen molar-refractivity contribution >= 4 is 27.4 Å². The van der Waals surface area contributed by atoms with E-state index in [2.05, 4.69) is 9.69 Å². The summed E-state index contributed by atoms with van der Waals surface area (Å²) >= 11 is 1.36. The number of aromatic nitrogens is 1. The van der Waals surface area contributed by atoms with E-state index in [0.29, 0.717) is 17.7 Å². The number of hydrogen-bond donors (Lipinski definition) is 1. The van der Waals surface area contributed by atoms with E-state index in [1.165, 1.54) is 17.6 Å². The molecule has 98 valence electrons. The third-order valence-electron chi connectivity index (χ3n) is 3.01. The maximum atomic E-state index is 13.8. The Kier molecular flexibility index (Phi) is 3.32. The van der Waals surface area contributed by atoms with Gasteiger partial charge in [-0.2, -0.15) is 9.64 Å². The van der Waals surface area contributed by atoms with Crippen LogP contribution in [0.5, 0.6) is 0 Å². The molecule has 0 bridgehead atoms. The molecule has 0 aliphatic heterocycles. The molecule has 0 unspecified atom stereocenters. The van der Waals surface area contributed by atoms with Gasteiger partial charge in [0.2, 0.25) is 0 Å². The minimum absolute atomic E-state index is 0.328. The molecular weight excluding hydrogens is 273 g/mol. The average molecular weight is 283 g/mol. The minimum Gasteiger partial charge on any atom is -0.371 e. The lowest BCUT2D eigenvalue weighted by Gasteiger charge is -2.05. The van der Waals surface area contributed by atoms with Gasteiger partial charge in [-0.05, 0) is 35.8 Å². The van der Waals surface area contributed by atoms with Crippen LogP contribution in [0.15, 0.2) is 42.5 Å². The van der Waals surface area contributed by atoms with Crippen LogP contribution in [0.25, 0.3) is 10.9 Å². The van der Waals surface area contributed by atoms with Crippen molar-refractivity contribution < 1.29 is 4.39 Å². The zero-order valence-electron chi connectivity index (χ0n) is 10.4. The van der Waals surface area contributed by atoms with Crippen LogP contribution in [0.1, 0.15) is 11.1 Å². The van der Waals surface area contributed by atoms with Crippen LogP contribution in [0, 0.1) is 17.1 Å². The van der Waals surface area contributed by atoms with Gasteiger partial charge >= 0.3 is 0 Å². The number of nitrogens with one attached hydrogen (secondary N) is 1. The highest BCUT2D eigenvalue weighted by Gasteiger charge is 2.07. The van der Waals surface area contributed by atoms with Crippen molar-refractivity contribution in [2.24, 2.45) is 0 Å². The van der Waals surface area contributed by atoms with Crippen molar-refractivity contribution in [2.45, 2.75) is 6.54 Å². The second kappa shape index (κ2) is 5.27. The van der Waals surface area contributed by atoms with E-state index in [1.807, 2.05) is 30.3 Å². The Hall–Kier alpha value is -2.45. The second-order valence-corrected chi connectivity index (χ2v) is 5.07. The number of rotatable bonds is 3. The molecule has 0 saturated heterocycles. The van der Waals surface area contributed by atoms with Crippen molar-refractivity contribution in [3.63, 3.8) is 0 Å². The van der Waals surface area contributed by atoms with Crippen LogP contribution >= 0.6 is 11.5 Å². The van der Waals surface area contributed by atoms with Crippen LogP contribution in [-0.2, 0) is 6.54 Å². The van der Waals surface area contributed by atoms with E-state index in [9.17, 15) is 4.39 Å².